The van der Waals surface area contributed by atoms with Crippen LogP contribution in [-0.2, 0) is 10.3 Å². The van der Waals surface area contributed by atoms with E-state index < -0.39 is 5.60 Å². The summed E-state index contributed by atoms with van der Waals surface area (Å²) in [5.41, 5.74) is 2.83. The quantitative estimate of drug-likeness (QED) is 0.814. The zero-order chi connectivity index (χ0) is 16.4. The second-order valence-corrected chi connectivity index (χ2v) is 6.50. The molecule has 1 amide bonds. The SMILES string of the molecule is Cc1cccc([C@]2(C)CCN([C@@H](C)c3ccccc3)C(=O)O2)c1. The van der Waals surface area contributed by atoms with Crippen LogP contribution in [0.15, 0.2) is 54.6 Å². The fraction of sp³-hybridized carbons (Fsp3) is 0.350. The van der Waals surface area contributed by atoms with Gasteiger partial charge in [-0.05, 0) is 31.9 Å². The topological polar surface area (TPSA) is 29.5 Å². The summed E-state index contributed by atoms with van der Waals surface area (Å²) >= 11 is 0. The molecule has 3 rings (SSSR count). The van der Waals surface area contributed by atoms with Crippen LogP contribution in [0, 0.1) is 6.92 Å². The highest BCUT2D eigenvalue weighted by Crippen LogP contribution is 2.36. The number of amides is 1. The Balaban J connectivity index is 1.78. The molecule has 2 aromatic rings. The third kappa shape index (κ3) is 3.09. The van der Waals surface area contributed by atoms with Crippen molar-refractivity contribution in [3.05, 3.63) is 71.3 Å². The fourth-order valence-corrected chi connectivity index (χ4v) is 3.17. The lowest BCUT2D eigenvalue weighted by atomic mass is 9.89. The Kier molecular flexibility index (Phi) is 4.12. The fourth-order valence-electron chi connectivity index (χ4n) is 3.17. The minimum absolute atomic E-state index is 0.0192. The Morgan fingerprint density at radius 2 is 1.87 bits per heavy atom. The highest BCUT2D eigenvalue weighted by molar-refractivity contribution is 5.70. The molecular weight excluding hydrogens is 286 g/mol. The smallest absolute Gasteiger partial charge is 0.411 e. The Morgan fingerprint density at radius 1 is 1.13 bits per heavy atom. The van der Waals surface area contributed by atoms with Gasteiger partial charge < -0.3 is 9.64 Å². The summed E-state index contributed by atoms with van der Waals surface area (Å²) < 4.78 is 5.86. The third-order valence-electron chi connectivity index (χ3n) is 4.76. The van der Waals surface area contributed by atoms with E-state index in [0.717, 1.165) is 17.5 Å². The number of nitrogens with zero attached hydrogens (tertiary/aromatic N) is 1. The number of benzene rings is 2. The van der Waals surface area contributed by atoms with Crippen molar-refractivity contribution < 1.29 is 9.53 Å². The monoisotopic (exact) mass is 309 g/mol. The van der Waals surface area contributed by atoms with Gasteiger partial charge in [-0.3, -0.25) is 0 Å². The van der Waals surface area contributed by atoms with Gasteiger partial charge in [-0.2, -0.15) is 0 Å². The van der Waals surface area contributed by atoms with Crippen molar-refractivity contribution in [3.63, 3.8) is 0 Å². The Bertz CT molecular complexity index is 698. The number of hydrogen-bond acceptors (Lipinski definition) is 2. The van der Waals surface area contributed by atoms with Crippen molar-refractivity contribution in [2.24, 2.45) is 0 Å². The summed E-state index contributed by atoms with van der Waals surface area (Å²) in [6, 6.07) is 18.3. The summed E-state index contributed by atoms with van der Waals surface area (Å²) in [4.78, 5) is 14.4. The van der Waals surface area contributed by atoms with Gasteiger partial charge in [0.2, 0.25) is 0 Å². The number of carbonyl (C=O) groups excluding carboxylic acids is 1. The van der Waals surface area contributed by atoms with Crippen LogP contribution in [0.2, 0.25) is 0 Å². The zero-order valence-corrected chi connectivity index (χ0v) is 14.0. The van der Waals surface area contributed by atoms with Crippen molar-refractivity contribution in [1.29, 1.82) is 0 Å². The molecule has 0 unspecified atom stereocenters. The second-order valence-electron chi connectivity index (χ2n) is 6.50. The molecule has 1 fully saturated rings. The predicted octanol–water partition coefficient (Wildman–Crippen LogP) is 4.81. The van der Waals surface area contributed by atoms with Gasteiger partial charge in [0.15, 0.2) is 0 Å². The highest BCUT2D eigenvalue weighted by Gasteiger charge is 2.39. The predicted molar refractivity (Wildman–Crippen MR) is 91.2 cm³/mol. The molecular formula is C20H23NO2. The molecule has 1 aliphatic rings. The van der Waals surface area contributed by atoms with Crippen LogP contribution in [0.25, 0.3) is 0 Å². The van der Waals surface area contributed by atoms with E-state index in [0.29, 0.717) is 6.54 Å². The van der Waals surface area contributed by atoms with Gasteiger partial charge in [-0.1, -0.05) is 60.2 Å². The Hall–Kier alpha value is -2.29. The number of hydrogen-bond donors (Lipinski definition) is 0. The van der Waals surface area contributed by atoms with Crippen LogP contribution < -0.4 is 0 Å². The lowest BCUT2D eigenvalue weighted by Crippen LogP contribution is -2.47. The van der Waals surface area contributed by atoms with Crippen LogP contribution in [-0.4, -0.2) is 17.5 Å². The summed E-state index contributed by atoms with van der Waals surface area (Å²) in [6.07, 6.45) is 0.552. The third-order valence-corrected chi connectivity index (χ3v) is 4.76. The highest BCUT2D eigenvalue weighted by atomic mass is 16.6. The maximum Gasteiger partial charge on any atom is 0.411 e. The molecule has 3 heteroatoms. The first-order valence-electron chi connectivity index (χ1n) is 8.11. The van der Waals surface area contributed by atoms with Crippen LogP contribution in [0.1, 0.15) is 43.0 Å². The van der Waals surface area contributed by atoms with E-state index in [1.807, 2.05) is 61.2 Å². The van der Waals surface area contributed by atoms with Gasteiger partial charge in [-0.25, -0.2) is 4.79 Å². The van der Waals surface area contributed by atoms with E-state index >= 15 is 0 Å². The lowest BCUT2D eigenvalue weighted by Gasteiger charge is -2.41. The van der Waals surface area contributed by atoms with Crippen LogP contribution in [0.5, 0.6) is 0 Å². The van der Waals surface area contributed by atoms with Gasteiger partial charge in [0, 0.05) is 13.0 Å². The van der Waals surface area contributed by atoms with Crippen LogP contribution >= 0.6 is 0 Å². The van der Waals surface area contributed by atoms with E-state index in [1.165, 1.54) is 5.56 Å². The Morgan fingerprint density at radius 3 is 2.52 bits per heavy atom. The molecule has 0 aromatic heterocycles. The Labute approximate surface area is 137 Å². The molecule has 2 aromatic carbocycles. The molecule has 0 spiro atoms. The average Bonchev–Trinajstić information content (AvgIpc) is 2.55. The zero-order valence-electron chi connectivity index (χ0n) is 14.0. The summed E-state index contributed by atoms with van der Waals surface area (Å²) in [5, 5.41) is 0. The standard InChI is InChI=1S/C20H23NO2/c1-15-8-7-11-18(14-15)20(3)12-13-21(19(22)23-20)16(2)17-9-5-4-6-10-17/h4-11,14,16H,12-13H2,1-3H3/t16-,20-/m0/s1. The van der Waals surface area contributed by atoms with Crippen molar-refractivity contribution in [2.75, 3.05) is 6.54 Å². The van der Waals surface area contributed by atoms with Crippen molar-refractivity contribution >= 4 is 6.09 Å². The molecule has 2 atom stereocenters. The molecule has 3 nitrogen and oxygen atoms in total. The second kappa shape index (κ2) is 6.07. The number of carbonyl (C=O) groups is 1. The number of rotatable bonds is 3. The van der Waals surface area contributed by atoms with Crippen molar-refractivity contribution in [3.8, 4) is 0 Å². The molecule has 1 heterocycles. The van der Waals surface area contributed by atoms with E-state index in [-0.39, 0.29) is 12.1 Å². The summed E-state index contributed by atoms with van der Waals surface area (Å²) in [6.45, 7) is 6.80. The minimum atomic E-state index is -0.546. The van der Waals surface area contributed by atoms with Crippen LogP contribution in [0.3, 0.4) is 0 Å². The van der Waals surface area contributed by atoms with E-state index in [1.54, 1.807) is 0 Å². The van der Waals surface area contributed by atoms with Gasteiger partial charge >= 0.3 is 6.09 Å². The minimum Gasteiger partial charge on any atom is -0.438 e. The maximum atomic E-state index is 12.6. The normalized spacial score (nSPS) is 22.6. The van der Waals surface area contributed by atoms with E-state index in [9.17, 15) is 4.79 Å². The van der Waals surface area contributed by atoms with Gasteiger partial charge in [0.25, 0.3) is 0 Å². The van der Waals surface area contributed by atoms with E-state index in [4.69, 9.17) is 4.74 Å². The van der Waals surface area contributed by atoms with Crippen molar-refractivity contribution in [2.45, 2.75) is 38.8 Å². The van der Waals surface area contributed by atoms with E-state index in [2.05, 4.69) is 19.1 Å². The summed E-state index contributed by atoms with van der Waals surface area (Å²) in [7, 11) is 0. The first-order chi connectivity index (χ1) is 11.0. The largest absolute Gasteiger partial charge is 0.438 e. The summed E-state index contributed by atoms with van der Waals surface area (Å²) in [5.74, 6) is 0. The maximum absolute atomic E-state index is 12.6. The molecule has 1 aliphatic heterocycles. The molecule has 23 heavy (non-hydrogen) atoms. The first-order valence-corrected chi connectivity index (χ1v) is 8.11. The number of aryl methyl sites for hydroxylation is 1. The molecule has 0 radical (unpaired) electrons. The number of ether oxygens (including phenoxy) is 1. The molecule has 0 saturated carbocycles. The molecule has 0 aliphatic carbocycles. The first kappa shape index (κ1) is 15.6. The van der Waals surface area contributed by atoms with Gasteiger partial charge in [0.05, 0.1) is 6.04 Å². The molecule has 1 saturated heterocycles. The molecule has 0 bridgehead atoms. The average molecular weight is 309 g/mol. The van der Waals surface area contributed by atoms with Crippen LogP contribution in [0.4, 0.5) is 4.79 Å². The van der Waals surface area contributed by atoms with Crippen molar-refractivity contribution in [1.82, 2.24) is 4.90 Å². The van der Waals surface area contributed by atoms with Gasteiger partial charge in [-0.15, -0.1) is 0 Å². The van der Waals surface area contributed by atoms with Gasteiger partial charge in [0.1, 0.15) is 5.60 Å². The lowest BCUT2D eigenvalue weighted by molar-refractivity contribution is -0.0491. The number of cyclic esters (lactones) is 1. The molecule has 0 N–H and O–H groups in total. The molecule has 120 valence electrons.